The molecule has 0 spiro atoms. The summed E-state index contributed by atoms with van der Waals surface area (Å²) in [5.74, 6) is 1.02. The van der Waals surface area contributed by atoms with E-state index in [1.807, 2.05) is 30.3 Å². The zero-order valence-corrected chi connectivity index (χ0v) is 12.7. The number of nitrogens with zero attached hydrogens (tertiary/aromatic N) is 1. The van der Waals surface area contributed by atoms with Gasteiger partial charge < -0.3 is 9.73 Å². The van der Waals surface area contributed by atoms with Gasteiger partial charge in [-0.25, -0.2) is 4.98 Å². The van der Waals surface area contributed by atoms with Crippen LogP contribution in [0.3, 0.4) is 0 Å². The molecular formula is C15H15ClN2OS. The quantitative estimate of drug-likeness (QED) is 0.722. The molecule has 0 radical (unpaired) electrons. The first kappa shape index (κ1) is 13.5. The zero-order valence-electron chi connectivity index (χ0n) is 11.1. The van der Waals surface area contributed by atoms with Crippen molar-refractivity contribution in [1.82, 2.24) is 4.98 Å². The first-order valence-electron chi connectivity index (χ1n) is 6.56. The van der Waals surface area contributed by atoms with Crippen LogP contribution in [-0.2, 0) is 6.42 Å². The molecule has 1 atom stereocenters. The average Bonchev–Trinajstić information content (AvgIpc) is 3.04. The molecule has 5 heteroatoms. The number of thiazole rings is 1. The van der Waals surface area contributed by atoms with Crippen molar-refractivity contribution in [2.45, 2.75) is 25.8 Å². The van der Waals surface area contributed by atoms with E-state index < -0.39 is 0 Å². The van der Waals surface area contributed by atoms with Gasteiger partial charge >= 0.3 is 0 Å². The molecule has 3 nitrogen and oxygen atoms in total. The van der Waals surface area contributed by atoms with Crippen LogP contribution >= 0.6 is 22.9 Å². The fourth-order valence-corrected chi connectivity index (χ4v) is 3.31. The lowest BCUT2D eigenvalue weighted by Crippen LogP contribution is -2.15. The Morgan fingerprint density at radius 3 is 3.10 bits per heavy atom. The summed E-state index contributed by atoms with van der Waals surface area (Å²) < 4.78 is 6.45. The number of rotatable bonds is 5. The normalized spacial score (nSPS) is 12.7. The molecule has 3 rings (SSSR count). The average molecular weight is 307 g/mol. The molecule has 20 heavy (non-hydrogen) atoms. The summed E-state index contributed by atoms with van der Waals surface area (Å²) >= 11 is 7.62. The highest BCUT2D eigenvalue weighted by Crippen LogP contribution is 2.28. The van der Waals surface area contributed by atoms with Gasteiger partial charge in [-0.3, -0.25) is 0 Å². The molecule has 1 aromatic carbocycles. The molecule has 2 heterocycles. The molecule has 0 aliphatic heterocycles. The number of hydrogen-bond acceptors (Lipinski definition) is 4. The minimum atomic E-state index is 0.344. The predicted octanol–water partition coefficient (Wildman–Crippen LogP) is 4.98. The Labute approximate surface area is 126 Å². The Hall–Kier alpha value is -1.52. The second-order valence-electron chi connectivity index (χ2n) is 4.79. The predicted molar refractivity (Wildman–Crippen MR) is 84.7 cm³/mol. The van der Waals surface area contributed by atoms with Crippen molar-refractivity contribution in [3.8, 4) is 0 Å². The van der Waals surface area contributed by atoms with Crippen LogP contribution in [0.25, 0.3) is 10.2 Å². The topological polar surface area (TPSA) is 38.1 Å². The minimum Gasteiger partial charge on any atom is -0.469 e. The molecule has 0 amide bonds. The van der Waals surface area contributed by atoms with Gasteiger partial charge in [0.15, 0.2) is 5.13 Å². The molecule has 2 aromatic heterocycles. The molecule has 0 saturated carbocycles. The van der Waals surface area contributed by atoms with Crippen LogP contribution in [0.4, 0.5) is 5.13 Å². The van der Waals surface area contributed by atoms with Gasteiger partial charge in [0.05, 0.1) is 16.5 Å². The summed E-state index contributed by atoms with van der Waals surface area (Å²) in [4.78, 5) is 4.56. The highest BCUT2D eigenvalue weighted by Gasteiger charge is 2.08. The molecule has 1 unspecified atom stereocenters. The van der Waals surface area contributed by atoms with Crippen molar-refractivity contribution >= 4 is 38.3 Å². The van der Waals surface area contributed by atoms with Gasteiger partial charge in [0.25, 0.3) is 0 Å². The van der Waals surface area contributed by atoms with Crippen LogP contribution < -0.4 is 5.32 Å². The largest absolute Gasteiger partial charge is 0.469 e. The maximum absolute atomic E-state index is 5.99. The number of nitrogens with one attached hydrogen (secondary N) is 1. The lowest BCUT2D eigenvalue weighted by Gasteiger charge is -2.11. The van der Waals surface area contributed by atoms with Crippen molar-refractivity contribution < 1.29 is 4.42 Å². The van der Waals surface area contributed by atoms with Crippen LogP contribution in [-0.4, -0.2) is 11.0 Å². The first-order chi connectivity index (χ1) is 9.70. The highest BCUT2D eigenvalue weighted by atomic mass is 35.5. The third-order valence-electron chi connectivity index (χ3n) is 3.12. The van der Waals surface area contributed by atoms with Gasteiger partial charge in [-0.15, -0.1) is 0 Å². The van der Waals surface area contributed by atoms with E-state index >= 15 is 0 Å². The number of anilines is 1. The molecule has 0 fully saturated rings. The molecular weight excluding hydrogens is 292 g/mol. The van der Waals surface area contributed by atoms with Gasteiger partial charge in [0, 0.05) is 17.5 Å². The maximum atomic E-state index is 5.99. The van der Waals surface area contributed by atoms with Crippen molar-refractivity contribution in [1.29, 1.82) is 0 Å². The van der Waals surface area contributed by atoms with Crippen LogP contribution in [0.5, 0.6) is 0 Å². The van der Waals surface area contributed by atoms with Crippen LogP contribution in [0.2, 0.25) is 5.02 Å². The second-order valence-corrected chi connectivity index (χ2v) is 6.26. The fourth-order valence-electron chi connectivity index (χ4n) is 2.06. The Balaban J connectivity index is 1.63. The summed E-state index contributed by atoms with van der Waals surface area (Å²) in [5, 5.41) is 5.12. The number of hydrogen-bond donors (Lipinski definition) is 1. The number of benzene rings is 1. The third-order valence-corrected chi connectivity index (χ3v) is 4.31. The van der Waals surface area contributed by atoms with E-state index in [0.717, 1.165) is 39.0 Å². The lowest BCUT2D eigenvalue weighted by molar-refractivity contribution is 0.495. The van der Waals surface area contributed by atoms with E-state index in [0.29, 0.717) is 6.04 Å². The van der Waals surface area contributed by atoms with Gasteiger partial charge in [-0.05, 0) is 43.7 Å². The first-order valence-corrected chi connectivity index (χ1v) is 7.75. The number of fused-ring (bicyclic) bond motifs is 1. The minimum absolute atomic E-state index is 0.344. The number of furan rings is 1. The summed E-state index contributed by atoms with van der Waals surface area (Å²) in [7, 11) is 0. The van der Waals surface area contributed by atoms with E-state index in [9.17, 15) is 0 Å². The monoisotopic (exact) mass is 306 g/mol. The Morgan fingerprint density at radius 1 is 1.40 bits per heavy atom. The van der Waals surface area contributed by atoms with E-state index in [2.05, 4.69) is 17.2 Å². The summed E-state index contributed by atoms with van der Waals surface area (Å²) in [5.41, 5.74) is 0.986. The maximum Gasteiger partial charge on any atom is 0.183 e. The van der Waals surface area contributed by atoms with E-state index in [1.54, 1.807) is 17.6 Å². The number of aryl methyl sites for hydroxylation is 1. The van der Waals surface area contributed by atoms with Crippen molar-refractivity contribution in [2.24, 2.45) is 0 Å². The molecule has 104 valence electrons. The van der Waals surface area contributed by atoms with Crippen molar-refractivity contribution in [3.63, 3.8) is 0 Å². The smallest absolute Gasteiger partial charge is 0.183 e. The van der Waals surface area contributed by atoms with Gasteiger partial charge in [0.2, 0.25) is 0 Å². The molecule has 0 aliphatic rings. The molecule has 0 aliphatic carbocycles. The van der Waals surface area contributed by atoms with Crippen LogP contribution in [0.1, 0.15) is 19.1 Å². The molecule has 1 N–H and O–H groups in total. The Bertz CT molecular complexity index is 693. The Kier molecular flexibility index (Phi) is 3.94. The van der Waals surface area contributed by atoms with Gasteiger partial charge in [-0.2, -0.15) is 0 Å². The number of aromatic nitrogens is 1. The third kappa shape index (κ3) is 3.14. The fraction of sp³-hybridized carbons (Fsp3) is 0.267. The van der Waals surface area contributed by atoms with Crippen LogP contribution in [0, 0.1) is 0 Å². The summed E-state index contributed by atoms with van der Waals surface area (Å²) in [6.07, 6.45) is 3.65. The van der Waals surface area contributed by atoms with E-state index in [-0.39, 0.29) is 0 Å². The SMILES string of the molecule is CC(CCc1ccco1)Nc1nc2ccc(Cl)cc2s1. The van der Waals surface area contributed by atoms with E-state index in [4.69, 9.17) is 16.0 Å². The zero-order chi connectivity index (χ0) is 13.9. The molecule has 0 saturated heterocycles. The lowest BCUT2D eigenvalue weighted by atomic mass is 10.1. The molecule has 0 bridgehead atoms. The van der Waals surface area contributed by atoms with Gasteiger partial charge in [0.1, 0.15) is 5.76 Å². The second kappa shape index (κ2) is 5.85. The van der Waals surface area contributed by atoms with Crippen molar-refractivity contribution in [2.75, 3.05) is 5.32 Å². The molecule has 3 aromatic rings. The van der Waals surface area contributed by atoms with E-state index in [1.165, 1.54) is 0 Å². The summed E-state index contributed by atoms with van der Waals surface area (Å²) in [6, 6.07) is 10.0. The summed E-state index contributed by atoms with van der Waals surface area (Å²) in [6.45, 7) is 2.15. The van der Waals surface area contributed by atoms with Crippen LogP contribution in [0.15, 0.2) is 41.0 Å². The van der Waals surface area contributed by atoms with Gasteiger partial charge in [-0.1, -0.05) is 22.9 Å². The number of halogens is 1. The van der Waals surface area contributed by atoms with Crippen molar-refractivity contribution in [3.05, 3.63) is 47.4 Å². The Morgan fingerprint density at radius 2 is 2.30 bits per heavy atom. The highest BCUT2D eigenvalue weighted by molar-refractivity contribution is 7.22. The standard InChI is InChI=1S/C15H15ClN2OS/c1-10(4-6-12-3-2-8-19-12)17-15-18-13-7-5-11(16)9-14(13)20-15/h2-3,5,7-10H,4,6H2,1H3,(H,17,18).